The van der Waals surface area contributed by atoms with Crippen LogP contribution in [-0.4, -0.2) is 28.9 Å². The summed E-state index contributed by atoms with van der Waals surface area (Å²) < 4.78 is 0. The Kier molecular flexibility index (Phi) is 7.37. The van der Waals surface area contributed by atoms with E-state index in [4.69, 9.17) is 11.1 Å². The zero-order chi connectivity index (χ0) is 29.3. The van der Waals surface area contributed by atoms with Gasteiger partial charge in [-0.15, -0.1) is 0 Å². The molecule has 1 heterocycles. The molecule has 0 bridgehead atoms. The first kappa shape index (κ1) is 27.6. The summed E-state index contributed by atoms with van der Waals surface area (Å²) in [7, 11) is 0. The third-order valence-electron chi connectivity index (χ3n) is 7.81. The minimum atomic E-state index is -1.09. The molecule has 1 amide bonds. The van der Waals surface area contributed by atoms with Crippen LogP contribution in [0.4, 0.5) is 5.69 Å². The average Bonchev–Trinajstić information content (AvgIpc) is 2.96. The molecule has 0 saturated heterocycles. The number of hydrogen-bond donors (Lipinski definition) is 5. The fraction of sp³-hybridized carbons (Fsp3) is 0.206. The molecule has 7 heteroatoms. The lowest BCUT2D eigenvalue weighted by Crippen LogP contribution is -2.35. The van der Waals surface area contributed by atoms with Crippen molar-refractivity contribution in [3.8, 4) is 11.1 Å². The van der Waals surface area contributed by atoms with E-state index in [0.717, 1.165) is 34.4 Å². The Hall–Kier alpha value is -4.91. The quantitative estimate of drug-likeness (QED) is 0.137. The van der Waals surface area contributed by atoms with Crippen molar-refractivity contribution in [2.75, 3.05) is 5.32 Å². The largest absolute Gasteiger partial charge is 0.478 e. The molecule has 0 aromatic heterocycles. The molecular weight excluding hydrogens is 512 g/mol. The number of hydrogen-bond acceptors (Lipinski definition) is 4. The number of rotatable bonds is 7. The predicted molar refractivity (Wildman–Crippen MR) is 163 cm³/mol. The number of fused-ring (bicyclic) bond motifs is 1. The Morgan fingerprint density at radius 3 is 2.39 bits per heavy atom. The Morgan fingerprint density at radius 2 is 1.71 bits per heavy atom. The lowest BCUT2D eigenvalue weighted by atomic mass is 9.68. The number of anilines is 1. The van der Waals surface area contributed by atoms with Gasteiger partial charge in [0.2, 0.25) is 0 Å². The monoisotopic (exact) mass is 546 g/mol. The maximum atomic E-state index is 12.5. The summed E-state index contributed by atoms with van der Waals surface area (Å²) in [6.45, 7) is 5.93. The van der Waals surface area contributed by atoms with E-state index in [1.54, 1.807) is 12.1 Å². The van der Waals surface area contributed by atoms with Gasteiger partial charge in [-0.1, -0.05) is 61.5 Å². The summed E-state index contributed by atoms with van der Waals surface area (Å²) in [6.07, 6.45) is 0.731. The normalized spacial score (nSPS) is 17.8. The summed E-state index contributed by atoms with van der Waals surface area (Å²) in [5.41, 5.74) is 12.1. The van der Waals surface area contributed by atoms with Crippen molar-refractivity contribution >= 4 is 23.4 Å². The van der Waals surface area contributed by atoms with Gasteiger partial charge in [0.1, 0.15) is 5.84 Å². The van der Waals surface area contributed by atoms with Crippen LogP contribution < -0.4 is 16.4 Å². The third-order valence-corrected chi connectivity index (χ3v) is 7.81. The third kappa shape index (κ3) is 5.43. The maximum Gasteiger partial charge on any atom is 0.336 e. The lowest BCUT2D eigenvalue weighted by Gasteiger charge is -2.42. The summed E-state index contributed by atoms with van der Waals surface area (Å²) in [5.74, 6) is -1.37. The summed E-state index contributed by atoms with van der Waals surface area (Å²) in [4.78, 5) is 24.8. The molecule has 6 N–H and O–H groups in total. The van der Waals surface area contributed by atoms with Gasteiger partial charge in [-0.05, 0) is 84.5 Å². The second-order valence-electron chi connectivity index (χ2n) is 11.1. The van der Waals surface area contributed by atoms with Crippen LogP contribution in [0.2, 0.25) is 0 Å². The number of aromatic carboxylic acids is 1. The van der Waals surface area contributed by atoms with Gasteiger partial charge in [0.15, 0.2) is 0 Å². The Balaban J connectivity index is 1.56. The first-order valence-electron chi connectivity index (χ1n) is 13.7. The number of nitrogens with two attached hydrogens (primary N) is 1. The lowest BCUT2D eigenvalue weighted by molar-refractivity contribution is 0.0697. The Labute approximate surface area is 239 Å². The van der Waals surface area contributed by atoms with E-state index in [9.17, 15) is 14.7 Å². The van der Waals surface area contributed by atoms with Gasteiger partial charge in [-0.3, -0.25) is 10.2 Å². The minimum absolute atomic E-state index is 0.0278. The number of benzene rings is 4. The molecule has 1 aliphatic rings. The number of carbonyl (C=O) groups is 2. The van der Waals surface area contributed by atoms with Gasteiger partial charge >= 0.3 is 5.97 Å². The molecule has 0 spiro atoms. The van der Waals surface area contributed by atoms with Crippen molar-refractivity contribution < 1.29 is 14.7 Å². The second-order valence-corrected chi connectivity index (χ2v) is 11.1. The van der Waals surface area contributed by atoms with Crippen LogP contribution in [0, 0.1) is 5.41 Å². The van der Waals surface area contributed by atoms with Gasteiger partial charge in [0.25, 0.3) is 5.91 Å². The molecule has 0 radical (unpaired) electrons. The fourth-order valence-corrected chi connectivity index (χ4v) is 5.71. The summed E-state index contributed by atoms with van der Waals surface area (Å²) in [6, 6.07) is 28.7. The smallest absolute Gasteiger partial charge is 0.336 e. The van der Waals surface area contributed by atoms with Crippen molar-refractivity contribution in [1.29, 1.82) is 5.41 Å². The molecule has 1 aliphatic heterocycles. The molecular formula is C34H34N4O3. The van der Waals surface area contributed by atoms with Gasteiger partial charge in [-0.25, -0.2) is 4.79 Å². The van der Waals surface area contributed by atoms with E-state index in [1.807, 2.05) is 74.5 Å². The molecule has 208 valence electrons. The number of amidine groups is 1. The average molecular weight is 547 g/mol. The summed E-state index contributed by atoms with van der Waals surface area (Å²) in [5, 5.41) is 24.5. The first-order valence-corrected chi connectivity index (χ1v) is 13.7. The Morgan fingerprint density at radius 1 is 0.976 bits per heavy atom. The molecule has 0 aliphatic carbocycles. The number of carbonyl (C=O) groups excluding carboxylic acids is 1. The van der Waals surface area contributed by atoms with Gasteiger partial charge in [-0.2, -0.15) is 0 Å². The SMILES string of the molecule is CC(C)NC(=O)c1ccc(-c2cccc([C@@H]3C[C@](C)(c4ccccc4)c4cc(C(=N)N)ccc4N3)c2)c(C(=O)O)c1. The molecule has 2 atom stereocenters. The van der Waals surface area contributed by atoms with E-state index < -0.39 is 5.97 Å². The topological polar surface area (TPSA) is 128 Å². The Bertz CT molecular complexity index is 1650. The highest BCUT2D eigenvalue weighted by Gasteiger charge is 2.39. The highest BCUT2D eigenvalue weighted by molar-refractivity contribution is 6.01. The number of amides is 1. The van der Waals surface area contributed by atoms with Crippen molar-refractivity contribution in [3.63, 3.8) is 0 Å². The van der Waals surface area contributed by atoms with Crippen LogP contribution in [0.5, 0.6) is 0 Å². The number of nitrogens with one attached hydrogen (secondary N) is 3. The highest BCUT2D eigenvalue weighted by Crippen LogP contribution is 2.48. The van der Waals surface area contributed by atoms with Gasteiger partial charge in [0, 0.05) is 28.3 Å². The zero-order valence-electron chi connectivity index (χ0n) is 23.4. The molecule has 5 rings (SSSR count). The minimum Gasteiger partial charge on any atom is -0.478 e. The predicted octanol–water partition coefficient (Wildman–Crippen LogP) is 6.34. The number of carboxylic acid groups (broad SMARTS) is 1. The fourth-order valence-electron chi connectivity index (χ4n) is 5.71. The van der Waals surface area contributed by atoms with E-state index in [0.29, 0.717) is 16.7 Å². The van der Waals surface area contributed by atoms with Crippen molar-refractivity contribution in [1.82, 2.24) is 5.32 Å². The standard InChI is InChI=1S/C34H34N4O3/c1-20(2)37-32(39)24-12-14-26(27(17-24)33(40)41)21-8-7-9-22(16-21)30-19-34(3,25-10-5-4-6-11-25)28-18-23(31(35)36)13-15-29(28)38-30/h4-18,20,30,38H,19H2,1-3H3,(H3,35,36)(H,37,39)(H,40,41)/t30-,34+/m0/s1. The van der Waals surface area contributed by atoms with E-state index in [2.05, 4.69) is 29.7 Å². The zero-order valence-corrected chi connectivity index (χ0v) is 23.4. The van der Waals surface area contributed by atoms with Crippen LogP contribution in [-0.2, 0) is 5.41 Å². The number of carboxylic acids is 1. The highest BCUT2D eigenvalue weighted by atomic mass is 16.4. The molecule has 0 saturated carbocycles. The van der Waals surface area contributed by atoms with Crippen LogP contribution in [0.15, 0.2) is 91.0 Å². The van der Waals surface area contributed by atoms with E-state index in [1.165, 1.54) is 6.07 Å². The molecule has 7 nitrogen and oxygen atoms in total. The van der Waals surface area contributed by atoms with Crippen LogP contribution >= 0.6 is 0 Å². The molecule has 4 aromatic carbocycles. The van der Waals surface area contributed by atoms with Crippen molar-refractivity contribution in [2.45, 2.75) is 44.7 Å². The molecule has 4 aromatic rings. The van der Waals surface area contributed by atoms with Crippen molar-refractivity contribution in [3.05, 3.63) is 124 Å². The van der Waals surface area contributed by atoms with Gasteiger partial charge in [0.05, 0.1) is 11.6 Å². The van der Waals surface area contributed by atoms with E-state index in [-0.39, 0.29) is 34.8 Å². The van der Waals surface area contributed by atoms with Crippen LogP contribution in [0.25, 0.3) is 11.1 Å². The van der Waals surface area contributed by atoms with Crippen LogP contribution in [0.3, 0.4) is 0 Å². The van der Waals surface area contributed by atoms with Crippen LogP contribution in [0.1, 0.15) is 76.2 Å². The molecule has 0 unspecified atom stereocenters. The molecule has 41 heavy (non-hydrogen) atoms. The summed E-state index contributed by atoms with van der Waals surface area (Å²) >= 11 is 0. The van der Waals surface area contributed by atoms with Crippen molar-refractivity contribution in [2.24, 2.45) is 5.73 Å². The maximum absolute atomic E-state index is 12.5. The first-order chi connectivity index (χ1) is 19.6. The number of nitrogen functional groups attached to an aromatic ring is 1. The molecule has 0 fully saturated rings. The second kappa shape index (κ2) is 10.9. The van der Waals surface area contributed by atoms with Gasteiger partial charge < -0.3 is 21.5 Å². The van der Waals surface area contributed by atoms with E-state index >= 15 is 0 Å².